The first kappa shape index (κ1) is 14.1. The van der Waals surface area contributed by atoms with E-state index in [2.05, 4.69) is 27.3 Å². The predicted molar refractivity (Wildman–Crippen MR) is 74.8 cm³/mol. The van der Waals surface area contributed by atoms with Crippen LogP contribution in [0.15, 0.2) is 24.3 Å². The average molecular weight is 264 g/mol. The lowest BCUT2D eigenvalue weighted by Gasteiger charge is -2.33. The quantitative estimate of drug-likeness (QED) is 0.789. The Morgan fingerprint density at radius 3 is 2.11 bits per heavy atom. The Labute approximate surface area is 114 Å². The van der Waals surface area contributed by atoms with Gasteiger partial charge >= 0.3 is 0 Å². The Balaban J connectivity index is 1.99. The SMILES string of the molecule is CC([O-])COC(C)CN1N(C)c2ccccc2N1C. The van der Waals surface area contributed by atoms with Gasteiger partial charge in [0.25, 0.3) is 0 Å². The van der Waals surface area contributed by atoms with Crippen molar-refractivity contribution < 1.29 is 9.84 Å². The summed E-state index contributed by atoms with van der Waals surface area (Å²) in [6, 6.07) is 8.26. The predicted octanol–water partition coefficient (Wildman–Crippen LogP) is 0.858. The summed E-state index contributed by atoms with van der Waals surface area (Å²) in [4.78, 5) is 0. The maximum absolute atomic E-state index is 11.0. The molecule has 19 heavy (non-hydrogen) atoms. The Morgan fingerprint density at radius 2 is 1.63 bits per heavy atom. The van der Waals surface area contributed by atoms with Gasteiger partial charge in [-0.2, -0.15) is 0 Å². The third-order valence-corrected chi connectivity index (χ3v) is 3.31. The number of hydrogen-bond acceptors (Lipinski definition) is 5. The minimum Gasteiger partial charge on any atom is -0.851 e. The topological polar surface area (TPSA) is 42.0 Å². The molecule has 0 aliphatic carbocycles. The largest absolute Gasteiger partial charge is 0.851 e. The molecule has 2 atom stereocenters. The molecule has 2 unspecified atom stereocenters. The first-order valence-electron chi connectivity index (χ1n) is 6.62. The van der Waals surface area contributed by atoms with Gasteiger partial charge in [0.2, 0.25) is 0 Å². The smallest absolute Gasteiger partial charge is 0.0784 e. The molecular weight excluding hydrogens is 242 g/mol. The van der Waals surface area contributed by atoms with Crippen LogP contribution in [0.4, 0.5) is 11.4 Å². The molecular formula is C14H22N3O2-. The second kappa shape index (κ2) is 5.77. The van der Waals surface area contributed by atoms with E-state index in [-0.39, 0.29) is 12.7 Å². The van der Waals surface area contributed by atoms with E-state index in [0.29, 0.717) is 6.54 Å². The van der Waals surface area contributed by atoms with Crippen LogP contribution in [0.1, 0.15) is 13.8 Å². The molecule has 2 rings (SSSR count). The summed E-state index contributed by atoms with van der Waals surface area (Å²) in [5, 5.41) is 17.3. The third kappa shape index (κ3) is 3.00. The lowest BCUT2D eigenvalue weighted by molar-refractivity contribution is -0.422. The van der Waals surface area contributed by atoms with Crippen molar-refractivity contribution in [2.24, 2.45) is 0 Å². The Hall–Kier alpha value is -1.30. The van der Waals surface area contributed by atoms with Crippen LogP contribution in [0.25, 0.3) is 0 Å². The zero-order valence-corrected chi connectivity index (χ0v) is 12.0. The maximum atomic E-state index is 11.0. The van der Waals surface area contributed by atoms with Crippen LogP contribution < -0.4 is 15.1 Å². The van der Waals surface area contributed by atoms with Gasteiger partial charge in [0.05, 0.1) is 24.0 Å². The van der Waals surface area contributed by atoms with Crippen molar-refractivity contribution in [1.82, 2.24) is 5.12 Å². The summed E-state index contributed by atoms with van der Waals surface area (Å²) in [5.41, 5.74) is 2.35. The van der Waals surface area contributed by atoms with E-state index in [9.17, 15) is 5.11 Å². The van der Waals surface area contributed by atoms with Crippen molar-refractivity contribution in [2.75, 3.05) is 37.3 Å². The highest BCUT2D eigenvalue weighted by molar-refractivity contribution is 5.73. The highest BCUT2D eigenvalue weighted by atomic mass is 16.5. The number of hydrazine groups is 2. The van der Waals surface area contributed by atoms with Gasteiger partial charge in [-0.25, -0.2) is 0 Å². The van der Waals surface area contributed by atoms with Gasteiger partial charge in [-0.3, -0.25) is 10.0 Å². The number of para-hydroxylation sites is 2. The van der Waals surface area contributed by atoms with Crippen LogP contribution in [0.2, 0.25) is 0 Å². The highest BCUT2D eigenvalue weighted by Gasteiger charge is 2.29. The molecule has 0 saturated carbocycles. The van der Waals surface area contributed by atoms with Gasteiger partial charge in [-0.15, -0.1) is 11.2 Å². The van der Waals surface area contributed by atoms with Crippen LogP contribution in [-0.4, -0.2) is 44.6 Å². The molecule has 1 aliphatic heterocycles. The van der Waals surface area contributed by atoms with Crippen LogP contribution >= 0.6 is 0 Å². The second-order valence-electron chi connectivity index (χ2n) is 5.05. The van der Waals surface area contributed by atoms with Crippen LogP contribution in [0.3, 0.4) is 0 Å². The molecule has 0 N–H and O–H groups in total. The van der Waals surface area contributed by atoms with Crippen LogP contribution in [0.5, 0.6) is 0 Å². The summed E-state index contributed by atoms with van der Waals surface area (Å²) in [5.74, 6) is 0. The minimum absolute atomic E-state index is 0.00983. The number of hydrogen-bond donors (Lipinski definition) is 0. The van der Waals surface area contributed by atoms with Gasteiger partial charge in [-0.1, -0.05) is 19.1 Å². The minimum atomic E-state index is -0.673. The summed E-state index contributed by atoms with van der Waals surface area (Å²) >= 11 is 0. The zero-order valence-electron chi connectivity index (χ0n) is 12.0. The van der Waals surface area contributed by atoms with Crippen LogP contribution in [-0.2, 0) is 4.74 Å². The number of nitrogens with zero attached hydrogens (tertiary/aromatic N) is 3. The van der Waals surface area contributed by atoms with Crippen molar-refractivity contribution >= 4 is 11.4 Å². The van der Waals surface area contributed by atoms with E-state index in [1.807, 2.05) is 33.2 Å². The Kier molecular flexibility index (Phi) is 4.29. The van der Waals surface area contributed by atoms with Gasteiger partial charge in [-0.05, 0) is 19.1 Å². The van der Waals surface area contributed by atoms with E-state index in [0.717, 1.165) is 0 Å². The molecule has 0 aromatic heterocycles. The lowest BCUT2D eigenvalue weighted by atomic mass is 10.3. The number of rotatable bonds is 5. The fourth-order valence-corrected chi connectivity index (χ4v) is 2.29. The van der Waals surface area contributed by atoms with Gasteiger partial charge < -0.3 is 9.84 Å². The molecule has 1 aliphatic rings. The number of anilines is 2. The first-order chi connectivity index (χ1) is 9.00. The van der Waals surface area contributed by atoms with Crippen molar-refractivity contribution in [2.45, 2.75) is 26.1 Å². The molecule has 5 heteroatoms. The molecule has 5 nitrogen and oxygen atoms in total. The molecule has 0 spiro atoms. The number of benzene rings is 1. The second-order valence-corrected chi connectivity index (χ2v) is 5.05. The lowest BCUT2D eigenvalue weighted by Crippen LogP contribution is -2.49. The van der Waals surface area contributed by atoms with Gasteiger partial charge in [0.1, 0.15) is 0 Å². The van der Waals surface area contributed by atoms with Gasteiger partial charge in [0.15, 0.2) is 0 Å². The van der Waals surface area contributed by atoms with Gasteiger partial charge in [0, 0.05) is 20.7 Å². The highest BCUT2D eigenvalue weighted by Crippen LogP contribution is 2.36. The summed E-state index contributed by atoms with van der Waals surface area (Å²) in [7, 11) is 4.07. The van der Waals surface area contributed by atoms with E-state index in [1.54, 1.807) is 6.92 Å². The Morgan fingerprint density at radius 1 is 1.11 bits per heavy atom. The van der Waals surface area contributed by atoms with Crippen LogP contribution in [0, 0.1) is 0 Å². The molecule has 0 radical (unpaired) electrons. The summed E-state index contributed by atoms with van der Waals surface area (Å²) < 4.78 is 5.55. The third-order valence-electron chi connectivity index (χ3n) is 3.31. The molecule has 0 amide bonds. The monoisotopic (exact) mass is 264 g/mol. The summed E-state index contributed by atoms with van der Waals surface area (Å²) in [6.07, 6.45) is -0.663. The molecule has 1 aromatic rings. The molecule has 0 bridgehead atoms. The standard InChI is InChI=1S/C14H22N3O2/c1-11(18)10-19-12(2)9-17-15(3)13-7-5-6-8-14(13)16(17)4/h5-8,11-12H,9-10H2,1-4H3/q-1. The Bertz CT molecular complexity index is 396. The maximum Gasteiger partial charge on any atom is 0.0784 e. The molecule has 1 heterocycles. The summed E-state index contributed by atoms with van der Waals surface area (Å²) in [6.45, 7) is 4.59. The normalized spacial score (nSPS) is 18.6. The van der Waals surface area contributed by atoms with E-state index >= 15 is 0 Å². The van der Waals surface area contributed by atoms with Crippen molar-refractivity contribution in [3.63, 3.8) is 0 Å². The van der Waals surface area contributed by atoms with Crippen molar-refractivity contribution in [1.29, 1.82) is 0 Å². The molecule has 106 valence electrons. The fraction of sp³-hybridized carbons (Fsp3) is 0.571. The van der Waals surface area contributed by atoms with E-state index in [1.165, 1.54) is 11.4 Å². The molecule has 1 aromatic carbocycles. The molecule has 0 fully saturated rings. The van der Waals surface area contributed by atoms with E-state index in [4.69, 9.17) is 4.74 Å². The van der Waals surface area contributed by atoms with E-state index < -0.39 is 6.10 Å². The first-order valence-corrected chi connectivity index (χ1v) is 6.62. The van der Waals surface area contributed by atoms with Crippen molar-refractivity contribution in [3.8, 4) is 0 Å². The molecule has 0 saturated heterocycles. The number of fused-ring (bicyclic) bond motifs is 1. The average Bonchev–Trinajstić information content (AvgIpc) is 2.62. The fourth-order valence-electron chi connectivity index (χ4n) is 2.29. The number of ether oxygens (including phenoxy) is 1. The zero-order chi connectivity index (χ0) is 14.0. The van der Waals surface area contributed by atoms with Crippen molar-refractivity contribution in [3.05, 3.63) is 24.3 Å².